The molecule has 0 radical (unpaired) electrons. The number of carboxylic acid groups (broad SMARTS) is 1. The zero-order chi connectivity index (χ0) is 12.3. The van der Waals surface area contributed by atoms with Crippen molar-refractivity contribution in [3.63, 3.8) is 0 Å². The third-order valence-corrected chi connectivity index (χ3v) is 3.70. The van der Waals surface area contributed by atoms with E-state index in [1.807, 2.05) is 0 Å². The molecule has 0 fully saturated rings. The maximum atomic E-state index is 10.8. The summed E-state index contributed by atoms with van der Waals surface area (Å²) >= 11 is 4.81. The molecule has 0 saturated carbocycles. The summed E-state index contributed by atoms with van der Waals surface area (Å²) in [6.07, 6.45) is 3.11. The highest BCUT2D eigenvalue weighted by Crippen LogP contribution is 2.26. The Morgan fingerprint density at radius 3 is 2.94 bits per heavy atom. The van der Waals surface area contributed by atoms with Gasteiger partial charge in [-0.1, -0.05) is 33.8 Å². The molecule has 0 aliphatic heterocycles. The zero-order valence-corrected chi connectivity index (χ0v) is 11.0. The van der Waals surface area contributed by atoms with Gasteiger partial charge in [-0.25, -0.2) is 9.78 Å². The summed E-state index contributed by atoms with van der Waals surface area (Å²) in [7, 11) is 0. The van der Waals surface area contributed by atoms with Crippen molar-refractivity contribution < 1.29 is 14.3 Å². The van der Waals surface area contributed by atoms with Crippen LogP contribution in [0.25, 0.3) is 0 Å². The third kappa shape index (κ3) is 3.10. The zero-order valence-electron chi connectivity index (χ0n) is 8.59. The molecule has 2 aromatic rings. The number of oxazole rings is 1. The van der Waals surface area contributed by atoms with Crippen LogP contribution in [0.4, 0.5) is 0 Å². The first-order valence-corrected chi connectivity index (χ1v) is 6.48. The van der Waals surface area contributed by atoms with E-state index in [0.29, 0.717) is 11.0 Å². The molecular formula is C11H8BrNO3S. The monoisotopic (exact) mass is 313 g/mol. The van der Waals surface area contributed by atoms with Crippen molar-refractivity contribution in [3.05, 3.63) is 46.3 Å². The molecule has 0 saturated heterocycles. The van der Waals surface area contributed by atoms with Crippen LogP contribution in [0.15, 0.2) is 44.8 Å². The number of aromatic carboxylic acids is 1. The molecule has 0 atom stereocenters. The number of carbonyl (C=O) groups is 1. The van der Waals surface area contributed by atoms with E-state index < -0.39 is 5.97 Å². The van der Waals surface area contributed by atoms with Crippen molar-refractivity contribution in [1.29, 1.82) is 0 Å². The Bertz CT molecular complexity index is 528. The van der Waals surface area contributed by atoms with E-state index in [0.717, 1.165) is 10.0 Å². The standard InChI is InChI=1S/C11H8BrNO3S/c12-9-5-7(10(14)15)1-2-8(9)6-17-11-13-3-4-16-11/h1-5H,6H2,(H,14,15). The fourth-order valence-electron chi connectivity index (χ4n) is 1.22. The lowest BCUT2D eigenvalue weighted by atomic mass is 10.1. The number of hydrogen-bond donors (Lipinski definition) is 1. The second-order valence-electron chi connectivity index (χ2n) is 3.20. The lowest BCUT2D eigenvalue weighted by Gasteiger charge is -2.03. The van der Waals surface area contributed by atoms with E-state index in [1.165, 1.54) is 18.0 Å². The molecule has 0 bridgehead atoms. The summed E-state index contributed by atoms with van der Waals surface area (Å²) in [5.41, 5.74) is 1.26. The molecule has 0 amide bonds. The van der Waals surface area contributed by atoms with E-state index in [-0.39, 0.29) is 5.56 Å². The van der Waals surface area contributed by atoms with Crippen LogP contribution in [-0.2, 0) is 5.75 Å². The number of rotatable bonds is 4. The number of benzene rings is 1. The Morgan fingerprint density at radius 2 is 2.35 bits per heavy atom. The Morgan fingerprint density at radius 1 is 1.53 bits per heavy atom. The van der Waals surface area contributed by atoms with Gasteiger partial charge in [0.25, 0.3) is 5.22 Å². The predicted octanol–water partition coefficient (Wildman–Crippen LogP) is 3.43. The minimum atomic E-state index is -0.933. The average molecular weight is 314 g/mol. The van der Waals surface area contributed by atoms with E-state index in [4.69, 9.17) is 9.52 Å². The molecule has 6 heteroatoms. The molecule has 1 N–H and O–H groups in total. The molecule has 4 nitrogen and oxygen atoms in total. The van der Waals surface area contributed by atoms with Crippen molar-refractivity contribution in [2.45, 2.75) is 11.0 Å². The molecular weight excluding hydrogens is 306 g/mol. The minimum absolute atomic E-state index is 0.266. The van der Waals surface area contributed by atoms with E-state index in [9.17, 15) is 4.79 Å². The topological polar surface area (TPSA) is 63.3 Å². The Labute approximate surface area is 110 Å². The summed E-state index contributed by atoms with van der Waals surface area (Å²) in [6, 6.07) is 4.95. The van der Waals surface area contributed by atoms with Gasteiger partial charge in [-0.15, -0.1) is 0 Å². The molecule has 2 rings (SSSR count). The fraction of sp³-hybridized carbons (Fsp3) is 0.0909. The highest BCUT2D eigenvalue weighted by atomic mass is 79.9. The van der Waals surface area contributed by atoms with Crippen molar-refractivity contribution in [2.24, 2.45) is 0 Å². The minimum Gasteiger partial charge on any atom is -0.478 e. The number of hydrogen-bond acceptors (Lipinski definition) is 4. The molecule has 1 aromatic carbocycles. The average Bonchev–Trinajstić information content (AvgIpc) is 2.80. The van der Waals surface area contributed by atoms with Gasteiger partial charge in [0.1, 0.15) is 6.26 Å². The maximum absolute atomic E-state index is 10.8. The number of nitrogens with zero attached hydrogens (tertiary/aromatic N) is 1. The summed E-state index contributed by atoms with van der Waals surface area (Å²) < 4.78 is 5.87. The summed E-state index contributed by atoms with van der Waals surface area (Å²) in [4.78, 5) is 14.8. The van der Waals surface area contributed by atoms with Gasteiger partial charge < -0.3 is 9.52 Å². The third-order valence-electron chi connectivity index (χ3n) is 2.06. The smallest absolute Gasteiger partial charge is 0.335 e. The lowest BCUT2D eigenvalue weighted by molar-refractivity contribution is 0.0697. The Hall–Kier alpha value is -1.27. The van der Waals surface area contributed by atoms with Crippen molar-refractivity contribution in [2.75, 3.05) is 0 Å². The highest BCUT2D eigenvalue weighted by Gasteiger charge is 2.08. The van der Waals surface area contributed by atoms with Crippen molar-refractivity contribution in [3.8, 4) is 0 Å². The molecule has 17 heavy (non-hydrogen) atoms. The fourth-order valence-corrected chi connectivity index (χ4v) is 2.71. The van der Waals surface area contributed by atoms with Gasteiger partial charge >= 0.3 is 5.97 Å². The second kappa shape index (κ2) is 5.37. The van der Waals surface area contributed by atoms with Gasteiger partial charge in [-0.05, 0) is 17.7 Å². The first kappa shape index (κ1) is 12.2. The van der Waals surface area contributed by atoms with Crippen LogP contribution in [-0.4, -0.2) is 16.1 Å². The lowest BCUT2D eigenvalue weighted by Crippen LogP contribution is -1.96. The van der Waals surface area contributed by atoms with Crippen LogP contribution >= 0.6 is 27.7 Å². The Kier molecular flexibility index (Phi) is 3.86. The van der Waals surface area contributed by atoms with Crippen LogP contribution in [0.1, 0.15) is 15.9 Å². The normalized spacial score (nSPS) is 10.4. The SMILES string of the molecule is O=C(O)c1ccc(CSc2ncco2)c(Br)c1. The predicted molar refractivity (Wildman–Crippen MR) is 67.2 cm³/mol. The molecule has 0 aliphatic rings. The van der Waals surface area contributed by atoms with E-state index in [2.05, 4.69) is 20.9 Å². The van der Waals surface area contributed by atoms with Gasteiger partial charge in [0.2, 0.25) is 0 Å². The van der Waals surface area contributed by atoms with Crippen molar-refractivity contribution in [1.82, 2.24) is 4.98 Å². The number of aromatic nitrogens is 1. The van der Waals surface area contributed by atoms with Gasteiger partial charge in [0, 0.05) is 10.2 Å². The molecule has 1 aromatic heterocycles. The molecule has 0 aliphatic carbocycles. The van der Waals surface area contributed by atoms with Gasteiger partial charge in [-0.2, -0.15) is 0 Å². The summed E-state index contributed by atoms with van der Waals surface area (Å²) in [5, 5.41) is 9.43. The van der Waals surface area contributed by atoms with Crippen LogP contribution in [0.5, 0.6) is 0 Å². The summed E-state index contributed by atoms with van der Waals surface area (Å²) in [6.45, 7) is 0. The molecule has 0 spiro atoms. The first-order chi connectivity index (χ1) is 8.16. The van der Waals surface area contributed by atoms with Crippen molar-refractivity contribution >= 4 is 33.7 Å². The quantitative estimate of drug-likeness (QED) is 0.876. The van der Waals surface area contributed by atoms with E-state index >= 15 is 0 Å². The second-order valence-corrected chi connectivity index (χ2v) is 4.98. The first-order valence-electron chi connectivity index (χ1n) is 4.71. The number of thioether (sulfide) groups is 1. The molecule has 0 unspecified atom stereocenters. The number of halogens is 1. The van der Waals surface area contributed by atoms with Crippen LogP contribution < -0.4 is 0 Å². The van der Waals surface area contributed by atoms with Crippen LogP contribution in [0.3, 0.4) is 0 Å². The van der Waals surface area contributed by atoms with Crippen LogP contribution in [0.2, 0.25) is 0 Å². The van der Waals surface area contributed by atoms with Gasteiger partial charge in [0.15, 0.2) is 0 Å². The van der Waals surface area contributed by atoms with Gasteiger partial charge in [-0.3, -0.25) is 0 Å². The summed E-state index contributed by atoms with van der Waals surface area (Å²) in [5.74, 6) is -0.265. The van der Waals surface area contributed by atoms with Gasteiger partial charge in [0.05, 0.1) is 11.8 Å². The highest BCUT2D eigenvalue weighted by molar-refractivity contribution is 9.10. The maximum Gasteiger partial charge on any atom is 0.335 e. The Balaban J connectivity index is 2.09. The largest absolute Gasteiger partial charge is 0.478 e. The number of carboxylic acids is 1. The van der Waals surface area contributed by atoms with Crippen LogP contribution in [0, 0.1) is 0 Å². The van der Waals surface area contributed by atoms with E-state index in [1.54, 1.807) is 24.4 Å². The molecule has 1 heterocycles. The molecule has 88 valence electrons.